The predicted molar refractivity (Wildman–Crippen MR) is 94.7 cm³/mol. The number of rotatable bonds is 5. The first-order valence-electron chi connectivity index (χ1n) is 7.06. The van der Waals surface area contributed by atoms with Gasteiger partial charge < -0.3 is 10.2 Å². The number of hydrogen-bond donors (Lipinski definition) is 2. The van der Waals surface area contributed by atoms with Crippen LogP contribution in [-0.4, -0.2) is 43.3 Å². The van der Waals surface area contributed by atoms with Crippen LogP contribution in [0.15, 0.2) is 29.2 Å². The molecule has 8 heteroatoms. The highest BCUT2D eigenvalue weighted by atomic mass is 32.2. The van der Waals surface area contributed by atoms with Crippen LogP contribution in [0.4, 0.5) is 0 Å². The van der Waals surface area contributed by atoms with Crippen molar-refractivity contribution in [1.82, 2.24) is 4.90 Å². The van der Waals surface area contributed by atoms with E-state index in [9.17, 15) is 24.6 Å². The summed E-state index contributed by atoms with van der Waals surface area (Å²) in [5.41, 5.74) is 0.420. The molecule has 1 aliphatic rings. The van der Waals surface area contributed by atoms with Gasteiger partial charge in [-0.3, -0.25) is 9.69 Å². The summed E-state index contributed by atoms with van der Waals surface area (Å²) in [6.07, 6.45) is 1.43. The highest BCUT2D eigenvalue weighted by molar-refractivity contribution is 8.26. The highest BCUT2D eigenvalue weighted by Crippen LogP contribution is 2.35. The summed E-state index contributed by atoms with van der Waals surface area (Å²) in [5.74, 6) is -3.08. The molecule has 24 heavy (non-hydrogen) atoms. The quantitative estimate of drug-likeness (QED) is 0.612. The van der Waals surface area contributed by atoms with Gasteiger partial charge in [0.1, 0.15) is 10.4 Å². The third-order valence-corrected chi connectivity index (χ3v) is 4.79. The van der Waals surface area contributed by atoms with E-state index in [0.29, 0.717) is 5.56 Å². The number of aromatic carboxylic acids is 1. The Balaban J connectivity index is 2.42. The topological polar surface area (TPSA) is 94.9 Å². The van der Waals surface area contributed by atoms with E-state index in [1.54, 1.807) is 32.0 Å². The second kappa shape index (κ2) is 7.14. The monoisotopic (exact) mass is 365 g/mol. The van der Waals surface area contributed by atoms with E-state index in [4.69, 9.17) is 12.2 Å². The molecular formula is C16H15NO5S2. The van der Waals surface area contributed by atoms with Gasteiger partial charge >= 0.3 is 11.9 Å². The van der Waals surface area contributed by atoms with Gasteiger partial charge in [0.15, 0.2) is 0 Å². The fourth-order valence-corrected chi connectivity index (χ4v) is 3.69. The van der Waals surface area contributed by atoms with Crippen molar-refractivity contribution in [3.05, 3.63) is 40.3 Å². The summed E-state index contributed by atoms with van der Waals surface area (Å²) in [6.45, 7) is 3.39. The number of nitrogens with zero attached hydrogens (tertiary/aromatic N) is 1. The SMILES string of the molecule is CC(C)C(C(=O)O)N1C(=O)/C(=C/c2ccccc2C(=O)O)SC1=S. The molecule has 1 amide bonds. The number of thioether (sulfide) groups is 1. The van der Waals surface area contributed by atoms with E-state index in [2.05, 4.69) is 0 Å². The fourth-order valence-electron chi connectivity index (χ4n) is 2.37. The van der Waals surface area contributed by atoms with Crippen molar-refractivity contribution in [2.24, 2.45) is 5.92 Å². The third kappa shape index (κ3) is 3.49. The molecule has 1 aliphatic heterocycles. The molecule has 0 saturated carbocycles. The molecular weight excluding hydrogens is 350 g/mol. The second-order valence-electron chi connectivity index (χ2n) is 5.47. The predicted octanol–water partition coefficient (Wildman–Crippen LogP) is 2.70. The van der Waals surface area contributed by atoms with E-state index in [-0.39, 0.29) is 20.7 Å². The molecule has 2 N–H and O–H groups in total. The van der Waals surface area contributed by atoms with Crippen LogP contribution in [0.3, 0.4) is 0 Å². The molecule has 0 aromatic heterocycles. The summed E-state index contributed by atoms with van der Waals surface area (Å²) in [4.78, 5) is 36.6. The van der Waals surface area contributed by atoms with E-state index >= 15 is 0 Å². The lowest BCUT2D eigenvalue weighted by Gasteiger charge is -2.26. The average Bonchev–Trinajstić information content (AvgIpc) is 2.75. The first kappa shape index (κ1) is 18.2. The lowest BCUT2D eigenvalue weighted by molar-refractivity contribution is -0.146. The molecule has 1 aromatic rings. The molecule has 1 heterocycles. The summed E-state index contributed by atoms with van der Waals surface area (Å²) in [6, 6.07) is 5.20. The maximum atomic E-state index is 12.6. The van der Waals surface area contributed by atoms with E-state index < -0.39 is 23.9 Å². The molecule has 0 radical (unpaired) electrons. The Labute approximate surface area is 148 Å². The minimum atomic E-state index is -1.13. The summed E-state index contributed by atoms with van der Waals surface area (Å²) in [7, 11) is 0. The first-order valence-corrected chi connectivity index (χ1v) is 8.28. The number of carbonyl (C=O) groups is 3. The third-order valence-electron chi connectivity index (χ3n) is 3.46. The van der Waals surface area contributed by atoms with Crippen molar-refractivity contribution in [3.63, 3.8) is 0 Å². The second-order valence-corrected chi connectivity index (χ2v) is 7.15. The Kier molecular flexibility index (Phi) is 5.40. The van der Waals surface area contributed by atoms with Gasteiger partial charge in [-0.25, -0.2) is 9.59 Å². The van der Waals surface area contributed by atoms with Crippen molar-refractivity contribution in [2.75, 3.05) is 0 Å². The van der Waals surface area contributed by atoms with Crippen molar-refractivity contribution >= 4 is 52.2 Å². The molecule has 1 atom stereocenters. The van der Waals surface area contributed by atoms with Gasteiger partial charge in [0.25, 0.3) is 5.91 Å². The molecule has 1 saturated heterocycles. The highest BCUT2D eigenvalue weighted by Gasteiger charge is 2.41. The lowest BCUT2D eigenvalue weighted by Crippen LogP contribution is -2.47. The van der Waals surface area contributed by atoms with E-state index in [1.165, 1.54) is 12.1 Å². The molecule has 126 valence electrons. The van der Waals surface area contributed by atoms with Gasteiger partial charge in [0.05, 0.1) is 10.5 Å². The summed E-state index contributed by atoms with van der Waals surface area (Å²) in [5, 5.41) is 18.6. The minimum Gasteiger partial charge on any atom is -0.480 e. The molecule has 0 spiro atoms. The number of carboxylic acids is 2. The number of hydrogen-bond acceptors (Lipinski definition) is 5. The van der Waals surface area contributed by atoms with Crippen LogP contribution in [0.25, 0.3) is 6.08 Å². The zero-order chi connectivity index (χ0) is 18.0. The van der Waals surface area contributed by atoms with E-state index in [1.807, 2.05) is 0 Å². The Bertz CT molecular complexity index is 757. The van der Waals surface area contributed by atoms with Crippen molar-refractivity contribution in [3.8, 4) is 0 Å². The van der Waals surface area contributed by atoms with Gasteiger partial charge in [-0.05, 0) is 23.6 Å². The molecule has 6 nitrogen and oxygen atoms in total. The van der Waals surface area contributed by atoms with Crippen LogP contribution in [-0.2, 0) is 9.59 Å². The normalized spacial score (nSPS) is 17.6. The average molecular weight is 365 g/mol. The first-order chi connectivity index (χ1) is 11.2. The van der Waals surface area contributed by atoms with Gasteiger partial charge in [-0.1, -0.05) is 56.0 Å². The van der Waals surface area contributed by atoms with Crippen LogP contribution in [0.2, 0.25) is 0 Å². The number of amides is 1. The van der Waals surface area contributed by atoms with Crippen molar-refractivity contribution in [2.45, 2.75) is 19.9 Å². The zero-order valence-corrected chi connectivity index (χ0v) is 14.6. The molecule has 1 unspecified atom stereocenters. The van der Waals surface area contributed by atoms with Crippen molar-refractivity contribution in [1.29, 1.82) is 0 Å². The number of carbonyl (C=O) groups excluding carboxylic acids is 1. The molecule has 1 aromatic carbocycles. The van der Waals surface area contributed by atoms with Gasteiger partial charge in [0, 0.05) is 0 Å². The number of carboxylic acid groups (broad SMARTS) is 2. The van der Waals surface area contributed by atoms with Gasteiger partial charge in [0.2, 0.25) is 0 Å². The number of benzene rings is 1. The van der Waals surface area contributed by atoms with Crippen molar-refractivity contribution < 1.29 is 24.6 Å². The Hall–Kier alpha value is -2.19. The summed E-state index contributed by atoms with van der Waals surface area (Å²) >= 11 is 6.13. The number of thiocarbonyl (C=S) groups is 1. The van der Waals surface area contributed by atoms with Crippen LogP contribution >= 0.6 is 24.0 Å². The maximum Gasteiger partial charge on any atom is 0.336 e. The molecule has 0 bridgehead atoms. The fraction of sp³-hybridized carbons (Fsp3) is 0.250. The number of aliphatic carboxylic acids is 1. The Morgan fingerprint density at radius 3 is 2.42 bits per heavy atom. The molecule has 1 fully saturated rings. The minimum absolute atomic E-state index is 0.0569. The Morgan fingerprint density at radius 2 is 1.88 bits per heavy atom. The maximum absolute atomic E-state index is 12.6. The molecule has 2 rings (SSSR count). The largest absolute Gasteiger partial charge is 0.480 e. The van der Waals surface area contributed by atoms with Crippen LogP contribution < -0.4 is 0 Å². The summed E-state index contributed by atoms with van der Waals surface area (Å²) < 4.78 is 0.153. The Morgan fingerprint density at radius 1 is 1.25 bits per heavy atom. The lowest BCUT2D eigenvalue weighted by atomic mass is 10.0. The van der Waals surface area contributed by atoms with Crippen LogP contribution in [0, 0.1) is 5.92 Å². The standard InChI is InChI=1S/C16H15NO5S2/c1-8(2)12(15(21)22)17-13(18)11(24-16(17)23)7-9-5-3-4-6-10(9)14(19)20/h3-8,12H,1-2H3,(H,19,20)(H,21,22)/b11-7-. The zero-order valence-electron chi connectivity index (χ0n) is 12.9. The molecule has 0 aliphatic carbocycles. The van der Waals surface area contributed by atoms with Gasteiger partial charge in [-0.15, -0.1) is 0 Å². The van der Waals surface area contributed by atoms with Crippen LogP contribution in [0.5, 0.6) is 0 Å². The smallest absolute Gasteiger partial charge is 0.336 e. The van der Waals surface area contributed by atoms with Crippen LogP contribution in [0.1, 0.15) is 29.8 Å². The van der Waals surface area contributed by atoms with E-state index in [0.717, 1.165) is 16.7 Å². The van der Waals surface area contributed by atoms with Gasteiger partial charge in [-0.2, -0.15) is 0 Å².